The SMILES string of the molecule is N#Cc1c(N(CC(=O)O)CC(=O)O)sc(C(=O)O)c1CC(=O)O.[H-].[H-].[Na+].[Na+]. The molecule has 0 saturated heterocycles. The van der Waals surface area contributed by atoms with Crippen LogP contribution in [0, 0.1) is 11.3 Å². The topological polar surface area (TPSA) is 176 Å². The van der Waals surface area contributed by atoms with E-state index in [0.29, 0.717) is 11.3 Å². The maximum atomic E-state index is 11.2. The van der Waals surface area contributed by atoms with Crippen molar-refractivity contribution in [1.29, 1.82) is 5.26 Å². The average molecular weight is 390 g/mol. The molecule has 0 radical (unpaired) electrons. The molecule has 0 saturated carbocycles. The Kier molecular flexibility index (Phi) is 12.0. The molecule has 0 aliphatic rings. The molecule has 10 nitrogen and oxygen atoms in total. The molecule has 4 N–H and O–H groups in total. The first-order chi connectivity index (χ1) is 10.7. The Hall–Kier alpha value is -1.13. The van der Waals surface area contributed by atoms with Crippen LogP contribution in [0.2, 0.25) is 0 Å². The molecule has 1 rings (SSSR count). The molecule has 13 heteroatoms. The van der Waals surface area contributed by atoms with Crippen molar-refractivity contribution in [2.24, 2.45) is 0 Å². The van der Waals surface area contributed by atoms with E-state index >= 15 is 0 Å². The van der Waals surface area contributed by atoms with Crippen molar-refractivity contribution in [2.75, 3.05) is 18.0 Å². The third-order valence-corrected chi connectivity index (χ3v) is 3.84. The second-order valence-corrected chi connectivity index (χ2v) is 5.22. The van der Waals surface area contributed by atoms with Crippen LogP contribution in [0.3, 0.4) is 0 Å². The van der Waals surface area contributed by atoms with E-state index < -0.39 is 48.3 Å². The normalized spacial score (nSPS) is 9.08. The van der Waals surface area contributed by atoms with E-state index in [0.717, 1.165) is 4.90 Å². The molecule has 25 heavy (non-hydrogen) atoms. The van der Waals surface area contributed by atoms with Gasteiger partial charge in [-0.2, -0.15) is 5.26 Å². The molecule has 0 amide bonds. The van der Waals surface area contributed by atoms with Gasteiger partial charge in [0.25, 0.3) is 0 Å². The second kappa shape index (κ2) is 11.5. The summed E-state index contributed by atoms with van der Waals surface area (Å²) in [5.41, 5.74) is -0.634. The fourth-order valence-electron chi connectivity index (χ4n) is 1.81. The van der Waals surface area contributed by atoms with Crippen LogP contribution in [0.25, 0.3) is 0 Å². The van der Waals surface area contributed by atoms with Gasteiger partial charge < -0.3 is 28.2 Å². The first kappa shape index (κ1) is 26.1. The number of aromatic carboxylic acids is 1. The number of anilines is 1. The van der Waals surface area contributed by atoms with Crippen LogP contribution in [-0.2, 0) is 20.8 Å². The Morgan fingerprint density at radius 2 is 1.48 bits per heavy atom. The van der Waals surface area contributed by atoms with Crippen molar-refractivity contribution in [1.82, 2.24) is 0 Å². The first-order valence-electron chi connectivity index (χ1n) is 5.86. The Bertz CT molecular complexity index is 722. The monoisotopic (exact) mass is 390 g/mol. The summed E-state index contributed by atoms with van der Waals surface area (Å²) in [6.07, 6.45) is -0.755. The van der Waals surface area contributed by atoms with Crippen LogP contribution in [0.4, 0.5) is 5.00 Å². The Morgan fingerprint density at radius 3 is 1.80 bits per heavy atom. The zero-order valence-corrected chi connectivity index (χ0v) is 18.2. The summed E-state index contributed by atoms with van der Waals surface area (Å²) in [7, 11) is 0. The van der Waals surface area contributed by atoms with Gasteiger partial charge in [0, 0.05) is 5.56 Å². The van der Waals surface area contributed by atoms with Crippen LogP contribution in [0.1, 0.15) is 23.7 Å². The van der Waals surface area contributed by atoms with Gasteiger partial charge >= 0.3 is 83.0 Å². The molecular formula is C12H12N2Na2O8S. The fraction of sp³-hybridized carbons (Fsp3) is 0.250. The third kappa shape index (κ3) is 7.33. The van der Waals surface area contributed by atoms with Crippen molar-refractivity contribution in [2.45, 2.75) is 6.42 Å². The molecule has 0 aliphatic carbocycles. The minimum absolute atomic E-state index is 0. The number of hydrogen-bond donors (Lipinski definition) is 4. The zero-order valence-electron chi connectivity index (χ0n) is 15.3. The van der Waals surface area contributed by atoms with Gasteiger partial charge in [-0.3, -0.25) is 14.4 Å². The number of hydrogen-bond acceptors (Lipinski definition) is 7. The number of nitrogens with zero attached hydrogens (tertiary/aromatic N) is 2. The molecule has 1 aromatic heterocycles. The van der Waals surface area contributed by atoms with E-state index in [1.54, 1.807) is 6.07 Å². The van der Waals surface area contributed by atoms with Crippen molar-refractivity contribution >= 4 is 40.2 Å². The third-order valence-electron chi connectivity index (χ3n) is 2.56. The minimum Gasteiger partial charge on any atom is -1.00 e. The van der Waals surface area contributed by atoms with Gasteiger partial charge in [-0.1, -0.05) is 0 Å². The van der Waals surface area contributed by atoms with Gasteiger partial charge in [0.1, 0.15) is 29.0 Å². The number of nitriles is 1. The van der Waals surface area contributed by atoms with Crippen molar-refractivity contribution in [3.8, 4) is 6.07 Å². The molecule has 1 heterocycles. The Labute approximate surface area is 192 Å². The van der Waals surface area contributed by atoms with Crippen LogP contribution in [0.15, 0.2) is 0 Å². The summed E-state index contributed by atoms with van der Waals surface area (Å²) in [5, 5.41) is 44.6. The zero-order chi connectivity index (χ0) is 17.7. The molecule has 126 valence electrons. The van der Waals surface area contributed by atoms with Gasteiger partial charge in [0.05, 0.1) is 12.0 Å². The van der Waals surface area contributed by atoms with Crippen LogP contribution >= 0.6 is 11.3 Å². The van der Waals surface area contributed by atoms with Crippen LogP contribution in [-0.4, -0.2) is 57.4 Å². The quantitative estimate of drug-likeness (QED) is 0.313. The summed E-state index contributed by atoms with van der Waals surface area (Å²) in [6.45, 7) is -1.57. The van der Waals surface area contributed by atoms with E-state index in [-0.39, 0.29) is 78.1 Å². The van der Waals surface area contributed by atoms with Crippen molar-refractivity contribution < 1.29 is 102 Å². The van der Waals surface area contributed by atoms with Crippen molar-refractivity contribution in [3.63, 3.8) is 0 Å². The van der Waals surface area contributed by atoms with E-state index in [1.165, 1.54) is 0 Å². The van der Waals surface area contributed by atoms with E-state index in [9.17, 15) is 24.4 Å². The maximum Gasteiger partial charge on any atom is 1.00 e. The minimum atomic E-state index is -1.49. The molecule has 0 atom stereocenters. The molecule has 0 bridgehead atoms. The second-order valence-electron chi connectivity index (χ2n) is 4.22. The summed E-state index contributed by atoms with van der Waals surface area (Å²) < 4.78 is 0. The number of carbonyl (C=O) groups is 4. The van der Waals surface area contributed by atoms with Crippen LogP contribution in [0.5, 0.6) is 0 Å². The van der Waals surface area contributed by atoms with Gasteiger partial charge in [-0.15, -0.1) is 11.3 Å². The predicted octanol–water partition coefficient (Wildman–Crippen LogP) is -5.85. The maximum absolute atomic E-state index is 11.2. The summed E-state index contributed by atoms with van der Waals surface area (Å²) in [5.74, 6) is -5.64. The summed E-state index contributed by atoms with van der Waals surface area (Å²) >= 11 is 0.467. The van der Waals surface area contributed by atoms with Gasteiger partial charge in [-0.05, 0) is 0 Å². The van der Waals surface area contributed by atoms with E-state index in [2.05, 4.69) is 0 Å². The molecular weight excluding hydrogens is 378 g/mol. The van der Waals surface area contributed by atoms with E-state index in [4.69, 9.17) is 20.4 Å². The van der Waals surface area contributed by atoms with E-state index in [1.807, 2.05) is 0 Å². The Balaban J connectivity index is -0.000000661. The smallest absolute Gasteiger partial charge is 1.00 e. The van der Waals surface area contributed by atoms with Gasteiger partial charge in [0.2, 0.25) is 0 Å². The molecule has 0 unspecified atom stereocenters. The standard InChI is InChI=1S/C12H10N2O8S.2Na.2H/c13-2-6-5(1-7(15)16)10(12(21)22)23-11(6)14(3-8(17)18)4-9(19)20;;;;/h1,3-4H2,(H,15,16)(H,17,18)(H,19,20)(H,21,22);;;;/q;2*+1;2*-1. The fourth-order valence-corrected chi connectivity index (χ4v) is 2.92. The largest absolute Gasteiger partial charge is 1.00 e. The molecule has 0 aliphatic heterocycles. The predicted molar refractivity (Wildman–Crippen MR) is 77.0 cm³/mol. The average Bonchev–Trinajstić information content (AvgIpc) is 2.74. The van der Waals surface area contributed by atoms with Gasteiger partial charge in [-0.25, -0.2) is 4.79 Å². The molecule has 0 spiro atoms. The molecule has 0 fully saturated rings. The molecule has 1 aromatic rings. The first-order valence-corrected chi connectivity index (χ1v) is 6.68. The Morgan fingerprint density at radius 1 is 1.00 bits per heavy atom. The van der Waals surface area contributed by atoms with Gasteiger partial charge in [0.15, 0.2) is 0 Å². The number of carboxylic acids is 4. The van der Waals surface area contributed by atoms with Crippen molar-refractivity contribution in [3.05, 3.63) is 16.0 Å². The number of aliphatic carboxylic acids is 3. The summed E-state index contributed by atoms with van der Waals surface area (Å²) in [4.78, 5) is 44.1. The van der Waals surface area contributed by atoms with Crippen LogP contribution < -0.4 is 64.0 Å². The number of carboxylic acid groups (broad SMARTS) is 4. The molecule has 0 aromatic carbocycles. The number of rotatable bonds is 8. The number of thiophene rings is 1. The summed E-state index contributed by atoms with van der Waals surface area (Å²) in [6, 6.07) is 1.63.